The highest BCUT2D eigenvalue weighted by Crippen LogP contribution is 2.34. The van der Waals surface area contributed by atoms with E-state index in [4.69, 9.17) is 11.6 Å². The summed E-state index contributed by atoms with van der Waals surface area (Å²) in [6.45, 7) is 0. The van der Waals surface area contributed by atoms with E-state index >= 15 is 0 Å². The largest absolute Gasteiger partial charge is 0.265 e. The maximum absolute atomic E-state index is 6.11. The van der Waals surface area contributed by atoms with Gasteiger partial charge < -0.3 is 0 Å². The lowest BCUT2D eigenvalue weighted by molar-refractivity contribution is 0.695. The molecule has 1 aliphatic rings. The number of hydrogen-bond acceptors (Lipinski definition) is 3. The maximum atomic E-state index is 6.11. The lowest BCUT2D eigenvalue weighted by Crippen LogP contribution is -2.00. The van der Waals surface area contributed by atoms with E-state index in [1.165, 1.54) is 25.7 Å². The fourth-order valence-corrected chi connectivity index (χ4v) is 2.69. The minimum atomic E-state index is 0.527. The number of hydrogen-bond donors (Lipinski definition) is 0. The lowest BCUT2D eigenvalue weighted by atomic mass is 10.0. The third kappa shape index (κ3) is 2.36. The van der Waals surface area contributed by atoms with Crippen molar-refractivity contribution in [2.75, 3.05) is 0 Å². The van der Waals surface area contributed by atoms with Gasteiger partial charge in [-0.3, -0.25) is 4.98 Å². The molecule has 3 nitrogen and oxygen atoms in total. The van der Waals surface area contributed by atoms with Crippen molar-refractivity contribution in [2.24, 2.45) is 0 Å². The average Bonchev–Trinajstić information content (AvgIpc) is 2.93. The Balaban J connectivity index is 2.00. The molecule has 0 aromatic carbocycles. The molecule has 0 amide bonds. The number of aromatic nitrogens is 3. The average molecular weight is 260 g/mol. The standard InChI is InChI=1S/C14H14ClN3/c15-13-9-12(10-3-1-2-4-10)17-14(18-13)11-5-7-16-8-6-11/h5-10H,1-4H2. The summed E-state index contributed by atoms with van der Waals surface area (Å²) in [6, 6.07) is 5.72. The van der Waals surface area contributed by atoms with Crippen molar-refractivity contribution in [3.8, 4) is 11.4 Å². The second-order valence-corrected chi connectivity index (χ2v) is 5.04. The topological polar surface area (TPSA) is 38.7 Å². The van der Waals surface area contributed by atoms with Gasteiger partial charge in [-0.2, -0.15) is 0 Å². The van der Waals surface area contributed by atoms with Gasteiger partial charge in [-0.15, -0.1) is 0 Å². The minimum Gasteiger partial charge on any atom is -0.265 e. The van der Waals surface area contributed by atoms with Crippen LogP contribution in [0.1, 0.15) is 37.3 Å². The van der Waals surface area contributed by atoms with Crippen LogP contribution in [0.2, 0.25) is 5.15 Å². The van der Waals surface area contributed by atoms with Gasteiger partial charge in [0.25, 0.3) is 0 Å². The Morgan fingerprint density at radius 2 is 1.78 bits per heavy atom. The molecule has 1 fully saturated rings. The summed E-state index contributed by atoms with van der Waals surface area (Å²) >= 11 is 6.11. The van der Waals surface area contributed by atoms with Crippen molar-refractivity contribution in [3.63, 3.8) is 0 Å². The molecule has 2 aromatic heterocycles. The quantitative estimate of drug-likeness (QED) is 0.769. The second-order valence-electron chi connectivity index (χ2n) is 4.66. The van der Waals surface area contributed by atoms with E-state index in [-0.39, 0.29) is 0 Å². The molecule has 0 unspecified atom stereocenters. The molecule has 2 heterocycles. The Morgan fingerprint density at radius 3 is 2.50 bits per heavy atom. The lowest BCUT2D eigenvalue weighted by Gasteiger charge is -2.10. The Labute approximate surface area is 111 Å². The molecule has 18 heavy (non-hydrogen) atoms. The highest BCUT2D eigenvalue weighted by molar-refractivity contribution is 6.29. The van der Waals surface area contributed by atoms with E-state index < -0.39 is 0 Å². The van der Waals surface area contributed by atoms with Gasteiger partial charge >= 0.3 is 0 Å². The molecule has 0 radical (unpaired) electrons. The van der Waals surface area contributed by atoms with Crippen LogP contribution in [0.25, 0.3) is 11.4 Å². The summed E-state index contributed by atoms with van der Waals surface area (Å²) in [6.07, 6.45) is 8.49. The van der Waals surface area contributed by atoms with Gasteiger partial charge in [0.15, 0.2) is 5.82 Å². The van der Waals surface area contributed by atoms with Gasteiger partial charge in [0.2, 0.25) is 0 Å². The van der Waals surface area contributed by atoms with Crippen molar-refractivity contribution >= 4 is 11.6 Å². The van der Waals surface area contributed by atoms with Crippen molar-refractivity contribution in [1.82, 2.24) is 15.0 Å². The summed E-state index contributed by atoms with van der Waals surface area (Å²) in [5, 5.41) is 0.527. The van der Waals surface area contributed by atoms with E-state index in [9.17, 15) is 0 Å². The highest BCUT2D eigenvalue weighted by Gasteiger charge is 2.20. The van der Waals surface area contributed by atoms with Crippen LogP contribution < -0.4 is 0 Å². The normalized spacial score (nSPS) is 16.1. The third-order valence-corrected chi connectivity index (χ3v) is 3.62. The van der Waals surface area contributed by atoms with Crippen molar-refractivity contribution in [3.05, 3.63) is 41.4 Å². The Kier molecular flexibility index (Phi) is 3.24. The molecule has 0 saturated heterocycles. The molecule has 1 aliphatic carbocycles. The second kappa shape index (κ2) is 5.02. The fraction of sp³-hybridized carbons (Fsp3) is 0.357. The maximum Gasteiger partial charge on any atom is 0.161 e. The SMILES string of the molecule is Clc1cc(C2CCCC2)nc(-c2ccncc2)n1. The predicted octanol–water partition coefficient (Wildman–Crippen LogP) is 3.85. The van der Waals surface area contributed by atoms with E-state index in [0.29, 0.717) is 16.9 Å². The molecule has 0 atom stereocenters. The molecular weight excluding hydrogens is 246 g/mol. The molecule has 0 spiro atoms. The first-order valence-electron chi connectivity index (χ1n) is 6.28. The molecule has 1 saturated carbocycles. The van der Waals surface area contributed by atoms with Crippen molar-refractivity contribution in [2.45, 2.75) is 31.6 Å². The first-order chi connectivity index (χ1) is 8.83. The van der Waals surface area contributed by atoms with Crippen molar-refractivity contribution in [1.29, 1.82) is 0 Å². The van der Waals surface area contributed by atoms with Crippen LogP contribution >= 0.6 is 11.6 Å². The summed E-state index contributed by atoms with van der Waals surface area (Å²) in [4.78, 5) is 13.0. The van der Waals surface area contributed by atoms with E-state index in [2.05, 4.69) is 15.0 Å². The molecule has 0 bridgehead atoms. The molecule has 2 aromatic rings. The summed E-state index contributed by atoms with van der Waals surface area (Å²) in [7, 11) is 0. The van der Waals surface area contributed by atoms with E-state index in [0.717, 1.165) is 11.3 Å². The number of pyridine rings is 1. The zero-order chi connectivity index (χ0) is 12.4. The Bertz CT molecular complexity index is 536. The number of halogens is 1. The fourth-order valence-electron chi connectivity index (χ4n) is 2.50. The first-order valence-corrected chi connectivity index (χ1v) is 6.65. The first kappa shape index (κ1) is 11.6. The molecule has 3 rings (SSSR count). The van der Waals surface area contributed by atoms with Gasteiger partial charge in [-0.25, -0.2) is 9.97 Å². The monoisotopic (exact) mass is 259 g/mol. The molecule has 0 aliphatic heterocycles. The summed E-state index contributed by atoms with van der Waals surface area (Å²) in [5.41, 5.74) is 2.05. The molecule has 4 heteroatoms. The zero-order valence-corrected chi connectivity index (χ0v) is 10.8. The van der Waals surface area contributed by atoms with Crippen LogP contribution in [0.3, 0.4) is 0 Å². The third-order valence-electron chi connectivity index (χ3n) is 3.43. The van der Waals surface area contributed by atoms with Gasteiger partial charge in [0.05, 0.1) is 0 Å². The van der Waals surface area contributed by atoms with Crippen LogP contribution in [0.4, 0.5) is 0 Å². The van der Waals surface area contributed by atoms with Crippen LogP contribution in [-0.4, -0.2) is 15.0 Å². The van der Waals surface area contributed by atoms with Gasteiger partial charge in [0.1, 0.15) is 5.15 Å². The highest BCUT2D eigenvalue weighted by atomic mass is 35.5. The van der Waals surface area contributed by atoms with Gasteiger partial charge in [-0.1, -0.05) is 24.4 Å². The molecule has 92 valence electrons. The van der Waals surface area contributed by atoms with Crippen LogP contribution in [-0.2, 0) is 0 Å². The summed E-state index contributed by atoms with van der Waals surface area (Å²) < 4.78 is 0. The van der Waals surface area contributed by atoms with Crippen LogP contribution in [0.5, 0.6) is 0 Å². The summed E-state index contributed by atoms with van der Waals surface area (Å²) in [5.74, 6) is 1.25. The number of rotatable bonds is 2. The molecular formula is C14H14ClN3. The van der Waals surface area contributed by atoms with Gasteiger partial charge in [-0.05, 0) is 31.0 Å². The predicted molar refractivity (Wildman–Crippen MR) is 71.5 cm³/mol. The van der Waals surface area contributed by atoms with Crippen molar-refractivity contribution < 1.29 is 0 Å². The van der Waals surface area contributed by atoms with Gasteiger partial charge in [0, 0.05) is 29.6 Å². The Morgan fingerprint density at radius 1 is 1.06 bits per heavy atom. The zero-order valence-electron chi connectivity index (χ0n) is 10.0. The molecule has 0 N–H and O–H groups in total. The van der Waals surface area contributed by atoms with E-state index in [1.807, 2.05) is 18.2 Å². The Hall–Kier alpha value is -1.48. The van der Waals surface area contributed by atoms with Crippen LogP contribution in [0.15, 0.2) is 30.6 Å². The number of nitrogens with zero attached hydrogens (tertiary/aromatic N) is 3. The smallest absolute Gasteiger partial charge is 0.161 e. The van der Waals surface area contributed by atoms with E-state index in [1.54, 1.807) is 12.4 Å². The van der Waals surface area contributed by atoms with Crippen LogP contribution in [0, 0.1) is 0 Å². The minimum absolute atomic E-state index is 0.527.